The summed E-state index contributed by atoms with van der Waals surface area (Å²) in [6.07, 6.45) is 1.94. The van der Waals surface area contributed by atoms with Crippen LogP contribution in [0.1, 0.15) is 23.6 Å². The SMILES string of the molecule is CCN1C(=O)/C(=C\c2ccc(OCc3ccccc3Cl)cc2)c2ccccc21. The molecule has 3 nitrogen and oxygen atoms in total. The fraction of sp³-hybridized carbons (Fsp3) is 0.125. The Balaban J connectivity index is 1.53. The minimum Gasteiger partial charge on any atom is -0.489 e. The number of hydrogen-bond donors (Lipinski definition) is 0. The molecule has 1 aliphatic rings. The van der Waals surface area contributed by atoms with Crippen LogP contribution in [0.5, 0.6) is 5.75 Å². The minimum absolute atomic E-state index is 0.0442. The van der Waals surface area contributed by atoms with E-state index in [-0.39, 0.29) is 5.91 Å². The van der Waals surface area contributed by atoms with Gasteiger partial charge in [-0.15, -0.1) is 0 Å². The summed E-state index contributed by atoms with van der Waals surface area (Å²) < 4.78 is 5.83. The first-order valence-corrected chi connectivity index (χ1v) is 9.64. The van der Waals surface area contributed by atoms with Gasteiger partial charge in [-0.25, -0.2) is 0 Å². The lowest BCUT2D eigenvalue weighted by Gasteiger charge is -2.13. The molecule has 1 aliphatic heterocycles. The zero-order valence-corrected chi connectivity index (χ0v) is 16.3. The van der Waals surface area contributed by atoms with Crippen LogP contribution in [-0.2, 0) is 11.4 Å². The Morgan fingerprint density at radius 2 is 1.68 bits per heavy atom. The molecule has 0 saturated heterocycles. The monoisotopic (exact) mass is 389 g/mol. The van der Waals surface area contributed by atoms with Crippen molar-refractivity contribution in [1.29, 1.82) is 0 Å². The van der Waals surface area contributed by atoms with Crippen molar-refractivity contribution >= 4 is 34.8 Å². The Morgan fingerprint density at radius 1 is 0.964 bits per heavy atom. The summed E-state index contributed by atoms with van der Waals surface area (Å²) >= 11 is 6.17. The van der Waals surface area contributed by atoms with Crippen LogP contribution in [0.15, 0.2) is 72.8 Å². The second kappa shape index (κ2) is 7.91. The van der Waals surface area contributed by atoms with Crippen LogP contribution in [-0.4, -0.2) is 12.5 Å². The van der Waals surface area contributed by atoms with E-state index in [4.69, 9.17) is 16.3 Å². The lowest BCUT2D eigenvalue weighted by atomic mass is 10.0. The van der Waals surface area contributed by atoms with Gasteiger partial charge in [0.15, 0.2) is 0 Å². The lowest BCUT2D eigenvalue weighted by molar-refractivity contribution is -0.112. The third-order valence-corrected chi connectivity index (χ3v) is 5.19. The summed E-state index contributed by atoms with van der Waals surface area (Å²) in [5.74, 6) is 0.804. The smallest absolute Gasteiger partial charge is 0.258 e. The van der Waals surface area contributed by atoms with Gasteiger partial charge in [0.25, 0.3) is 5.91 Å². The second-order valence-electron chi connectivity index (χ2n) is 6.57. The van der Waals surface area contributed by atoms with Gasteiger partial charge in [-0.2, -0.15) is 0 Å². The summed E-state index contributed by atoms with van der Waals surface area (Å²) in [6, 6.07) is 23.3. The molecule has 28 heavy (non-hydrogen) atoms. The van der Waals surface area contributed by atoms with E-state index in [0.29, 0.717) is 18.2 Å². The molecule has 3 aromatic carbocycles. The molecule has 0 fully saturated rings. The van der Waals surface area contributed by atoms with Gasteiger partial charge in [-0.3, -0.25) is 4.79 Å². The molecule has 0 unspecified atom stereocenters. The second-order valence-corrected chi connectivity index (χ2v) is 6.98. The number of hydrogen-bond acceptors (Lipinski definition) is 2. The average Bonchev–Trinajstić information content (AvgIpc) is 2.99. The maximum atomic E-state index is 12.8. The zero-order valence-electron chi connectivity index (χ0n) is 15.6. The highest BCUT2D eigenvalue weighted by atomic mass is 35.5. The van der Waals surface area contributed by atoms with E-state index in [1.807, 2.05) is 90.7 Å². The summed E-state index contributed by atoms with van der Waals surface area (Å²) in [5.41, 5.74) is 4.58. The van der Waals surface area contributed by atoms with Crippen molar-refractivity contribution in [3.05, 3.63) is 94.5 Å². The average molecular weight is 390 g/mol. The standard InChI is InChI=1S/C24H20ClNO2/c1-2-26-23-10-6-4-8-20(23)21(24(26)27)15-17-11-13-19(14-12-17)28-16-18-7-3-5-9-22(18)25/h3-15H,2,16H2,1H3/b21-15-. The Hall–Kier alpha value is -3.04. The Morgan fingerprint density at radius 3 is 2.43 bits per heavy atom. The quantitative estimate of drug-likeness (QED) is 0.514. The van der Waals surface area contributed by atoms with E-state index in [0.717, 1.165) is 33.7 Å². The number of halogens is 1. The fourth-order valence-corrected chi connectivity index (χ4v) is 3.55. The van der Waals surface area contributed by atoms with E-state index in [1.54, 1.807) is 0 Å². The Bertz CT molecular complexity index is 1040. The van der Waals surface area contributed by atoms with Crippen molar-refractivity contribution in [3.8, 4) is 5.75 Å². The molecular formula is C24H20ClNO2. The van der Waals surface area contributed by atoms with Gasteiger partial charge in [-0.1, -0.05) is 60.1 Å². The minimum atomic E-state index is 0.0442. The number of likely N-dealkylation sites (N-methyl/N-ethyl adjacent to an activating group) is 1. The number of fused-ring (bicyclic) bond motifs is 1. The third-order valence-electron chi connectivity index (χ3n) is 4.82. The van der Waals surface area contributed by atoms with Crippen LogP contribution in [0.25, 0.3) is 11.6 Å². The largest absolute Gasteiger partial charge is 0.489 e. The van der Waals surface area contributed by atoms with Gasteiger partial charge >= 0.3 is 0 Å². The predicted molar refractivity (Wildman–Crippen MR) is 115 cm³/mol. The molecule has 1 heterocycles. The number of ether oxygens (including phenoxy) is 1. The van der Waals surface area contributed by atoms with Crippen LogP contribution in [0.3, 0.4) is 0 Å². The number of carbonyl (C=O) groups excluding carboxylic acids is 1. The molecule has 0 atom stereocenters. The number of nitrogens with zero attached hydrogens (tertiary/aromatic N) is 1. The van der Waals surface area contributed by atoms with E-state index in [1.165, 1.54) is 0 Å². The van der Waals surface area contributed by atoms with E-state index in [9.17, 15) is 4.79 Å². The highest BCUT2D eigenvalue weighted by Gasteiger charge is 2.30. The van der Waals surface area contributed by atoms with Gasteiger partial charge in [0.2, 0.25) is 0 Å². The molecule has 140 valence electrons. The Labute approximate surface area is 169 Å². The zero-order chi connectivity index (χ0) is 19.5. The van der Waals surface area contributed by atoms with E-state index < -0.39 is 0 Å². The number of anilines is 1. The van der Waals surface area contributed by atoms with Gasteiger partial charge < -0.3 is 9.64 Å². The van der Waals surface area contributed by atoms with Gasteiger partial charge in [0.1, 0.15) is 12.4 Å². The topological polar surface area (TPSA) is 29.5 Å². The first kappa shape index (κ1) is 18.3. The predicted octanol–water partition coefficient (Wildman–Crippen LogP) is 5.83. The van der Waals surface area contributed by atoms with Gasteiger partial charge in [0.05, 0.1) is 5.69 Å². The van der Waals surface area contributed by atoms with E-state index in [2.05, 4.69) is 0 Å². The van der Waals surface area contributed by atoms with Crippen LogP contribution >= 0.6 is 11.6 Å². The summed E-state index contributed by atoms with van der Waals surface area (Å²) in [6.45, 7) is 3.06. The molecule has 0 N–H and O–H groups in total. The third kappa shape index (κ3) is 3.54. The molecule has 0 spiro atoms. The molecule has 3 aromatic rings. The fourth-order valence-electron chi connectivity index (χ4n) is 3.36. The molecule has 1 amide bonds. The molecule has 0 saturated carbocycles. The van der Waals surface area contributed by atoms with Gasteiger partial charge in [-0.05, 0) is 42.8 Å². The van der Waals surface area contributed by atoms with Crippen LogP contribution in [0.4, 0.5) is 5.69 Å². The lowest BCUT2D eigenvalue weighted by Crippen LogP contribution is -2.25. The maximum absolute atomic E-state index is 12.8. The molecule has 0 bridgehead atoms. The summed E-state index contributed by atoms with van der Waals surface area (Å²) in [7, 11) is 0. The van der Waals surface area contributed by atoms with Crippen LogP contribution in [0.2, 0.25) is 5.02 Å². The van der Waals surface area contributed by atoms with Crippen LogP contribution < -0.4 is 9.64 Å². The summed E-state index contributed by atoms with van der Waals surface area (Å²) in [5, 5.41) is 0.697. The number of rotatable bonds is 5. The number of para-hydroxylation sites is 1. The molecule has 0 aliphatic carbocycles. The number of amides is 1. The van der Waals surface area contributed by atoms with Crippen LogP contribution in [0, 0.1) is 0 Å². The first-order valence-electron chi connectivity index (χ1n) is 9.26. The first-order chi connectivity index (χ1) is 13.7. The number of carbonyl (C=O) groups is 1. The summed E-state index contributed by atoms with van der Waals surface area (Å²) in [4.78, 5) is 14.6. The van der Waals surface area contributed by atoms with Crippen molar-refractivity contribution in [2.24, 2.45) is 0 Å². The molecule has 4 rings (SSSR count). The molecule has 0 aromatic heterocycles. The van der Waals surface area contributed by atoms with Crippen molar-refractivity contribution < 1.29 is 9.53 Å². The molecular weight excluding hydrogens is 370 g/mol. The molecule has 4 heteroatoms. The molecule has 0 radical (unpaired) electrons. The highest BCUT2D eigenvalue weighted by molar-refractivity contribution is 6.35. The van der Waals surface area contributed by atoms with E-state index >= 15 is 0 Å². The normalized spacial score (nSPS) is 14.4. The van der Waals surface area contributed by atoms with Crippen molar-refractivity contribution in [3.63, 3.8) is 0 Å². The van der Waals surface area contributed by atoms with Crippen molar-refractivity contribution in [2.45, 2.75) is 13.5 Å². The maximum Gasteiger partial charge on any atom is 0.258 e. The van der Waals surface area contributed by atoms with Crippen molar-refractivity contribution in [1.82, 2.24) is 0 Å². The Kier molecular flexibility index (Phi) is 5.18. The van der Waals surface area contributed by atoms with Gasteiger partial charge in [0, 0.05) is 28.3 Å². The number of benzene rings is 3. The highest BCUT2D eigenvalue weighted by Crippen LogP contribution is 2.37. The van der Waals surface area contributed by atoms with Crippen molar-refractivity contribution in [2.75, 3.05) is 11.4 Å².